The SMILES string of the molecule is CCSCC(C)NS(=O)(=O)C1CCNCC1. The molecule has 0 amide bonds. The normalized spacial score (nSPS) is 20.9. The molecule has 0 radical (unpaired) electrons. The average molecular weight is 266 g/mol. The van der Waals surface area contributed by atoms with E-state index >= 15 is 0 Å². The second-order valence-electron chi connectivity index (χ2n) is 4.17. The van der Waals surface area contributed by atoms with E-state index in [9.17, 15) is 8.42 Å². The van der Waals surface area contributed by atoms with Gasteiger partial charge < -0.3 is 5.32 Å². The van der Waals surface area contributed by atoms with Crippen molar-refractivity contribution in [1.82, 2.24) is 10.0 Å². The van der Waals surface area contributed by atoms with Crippen molar-refractivity contribution < 1.29 is 8.42 Å². The molecule has 4 nitrogen and oxygen atoms in total. The Balaban J connectivity index is 2.43. The molecule has 0 spiro atoms. The standard InChI is InChI=1S/C10H22N2O2S2/c1-3-15-8-9(2)12-16(13,14)10-4-6-11-7-5-10/h9-12H,3-8H2,1-2H3. The quantitative estimate of drug-likeness (QED) is 0.746. The van der Waals surface area contributed by atoms with Crippen LogP contribution in [-0.2, 0) is 10.0 Å². The summed E-state index contributed by atoms with van der Waals surface area (Å²) in [5.74, 6) is 1.88. The Morgan fingerprint density at radius 3 is 2.62 bits per heavy atom. The number of piperidine rings is 1. The van der Waals surface area contributed by atoms with Crippen molar-refractivity contribution in [1.29, 1.82) is 0 Å². The Morgan fingerprint density at radius 1 is 1.44 bits per heavy atom. The van der Waals surface area contributed by atoms with Gasteiger partial charge in [0, 0.05) is 11.8 Å². The predicted molar refractivity (Wildman–Crippen MR) is 70.4 cm³/mol. The van der Waals surface area contributed by atoms with Gasteiger partial charge in [-0.05, 0) is 38.6 Å². The van der Waals surface area contributed by atoms with E-state index in [1.54, 1.807) is 11.8 Å². The number of rotatable bonds is 6. The van der Waals surface area contributed by atoms with E-state index in [4.69, 9.17) is 0 Å². The highest BCUT2D eigenvalue weighted by Crippen LogP contribution is 2.13. The molecule has 16 heavy (non-hydrogen) atoms. The zero-order valence-electron chi connectivity index (χ0n) is 10.0. The lowest BCUT2D eigenvalue weighted by Crippen LogP contribution is -2.45. The molecule has 96 valence electrons. The first kappa shape index (κ1) is 14.3. The summed E-state index contributed by atoms with van der Waals surface area (Å²) in [7, 11) is -3.12. The summed E-state index contributed by atoms with van der Waals surface area (Å²) in [6.45, 7) is 5.63. The molecular weight excluding hydrogens is 244 g/mol. The van der Waals surface area contributed by atoms with Gasteiger partial charge in [-0.15, -0.1) is 0 Å². The van der Waals surface area contributed by atoms with Gasteiger partial charge in [0.2, 0.25) is 10.0 Å². The molecule has 1 rings (SSSR count). The third-order valence-corrected chi connectivity index (χ3v) is 5.89. The minimum atomic E-state index is -3.12. The van der Waals surface area contributed by atoms with Crippen LogP contribution < -0.4 is 10.0 Å². The van der Waals surface area contributed by atoms with E-state index in [-0.39, 0.29) is 11.3 Å². The maximum Gasteiger partial charge on any atom is 0.214 e. The van der Waals surface area contributed by atoms with Crippen LogP contribution in [-0.4, -0.2) is 44.3 Å². The number of hydrogen-bond acceptors (Lipinski definition) is 4. The number of hydrogen-bond donors (Lipinski definition) is 2. The van der Waals surface area contributed by atoms with E-state index in [0.29, 0.717) is 0 Å². The van der Waals surface area contributed by atoms with E-state index in [1.165, 1.54) is 0 Å². The summed E-state index contributed by atoms with van der Waals surface area (Å²) in [5, 5.41) is 2.97. The summed E-state index contributed by atoms with van der Waals surface area (Å²) in [5.41, 5.74) is 0. The smallest absolute Gasteiger partial charge is 0.214 e. The van der Waals surface area contributed by atoms with Crippen molar-refractivity contribution in [3.8, 4) is 0 Å². The van der Waals surface area contributed by atoms with Crippen molar-refractivity contribution >= 4 is 21.8 Å². The molecule has 2 N–H and O–H groups in total. The lowest BCUT2D eigenvalue weighted by molar-refractivity contribution is 0.486. The van der Waals surface area contributed by atoms with E-state index < -0.39 is 10.0 Å². The van der Waals surface area contributed by atoms with Crippen LogP contribution >= 0.6 is 11.8 Å². The zero-order valence-corrected chi connectivity index (χ0v) is 11.7. The van der Waals surface area contributed by atoms with Crippen molar-refractivity contribution in [3.63, 3.8) is 0 Å². The number of thioether (sulfide) groups is 1. The van der Waals surface area contributed by atoms with Gasteiger partial charge in [0.1, 0.15) is 0 Å². The molecule has 1 unspecified atom stereocenters. The zero-order chi connectivity index (χ0) is 12.0. The van der Waals surface area contributed by atoms with Gasteiger partial charge >= 0.3 is 0 Å². The summed E-state index contributed by atoms with van der Waals surface area (Å²) in [6.07, 6.45) is 1.45. The fourth-order valence-corrected chi connectivity index (χ4v) is 4.28. The van der Waals surface area contributed by atoms with Gasteiger partial charge in [-0.25, -0.2) is 13.1 Å². The first-order valence-corrected chi connectivity index (χ1v) is 8.56. The summed E-state index contributed by atoms with van der Waals surface area (Å²) in [4.78, 5) is 0. The maximum absolute atomic E-state index is 12.0. The van der Waals surface area contributed by atoms with Crippen LogP contribution in [0.2, 0.25) is 0 Å². The van der Waals surface area contributed by atoms with Crippen LogP contribution in [0.25, 0.3) is 0 Å². The molecule has 0 bridgehead atoms. The molecule has 0 aliphatic carbocycles. The summed E-state index contributed by atoms with van der Waals surface area (Å²) in [6, 6.07) is 0.0323. The predicted octanol–water partition coefficient (Wildman–Crippen LogP) is 0.799. The van der Waals surface area contributed by atoms with Crippen LogP contribution in [0.4, 0.5) is 0 Å². The minimum Gasteiger partial charge on any atom is -0.317 e. The first-order valence-electron chi connectivity index (χ1n) is 5.86. The fourth-order valence-electron chi connectivity index (χ4n) is 1.81. The van der Waals surface area contributed by atoms with Crippen LogP contribution in [0, 0.1) is 0 Å². The average Bonchev–Trinajstić information content (AvgIpc) is 2.27. The van der Waals surface area contributed by atoms with Crippen molar-refractivity contribution in [3.05, 3.63) is 0 Å². The Hall–Kier alpha value is 0.220. The molecule has 0 saturated carbocycles. The molecule has 1 aliphatic rings. The molecule has 1 fully saturated rings. The molecule has 0 aromatic carbocycles. The van der Waals surface area contributed by atoms with Crippen LogP contribution in [0.1, 0.15) is 26.7 Å². The molecule has 0 aromatic heterocycles. The van der Waals surface area contributed by atoms with Gasteiger partial charge in [0.05, 0.1) is 5.25 Å². The second kappa shape index (κ2) is 6.83. The largest absolute Gasteiger partial charge is 0.317 e. The van der Waals surface area contributed by atoms with Crippen LogP contribution in [0.5, 0.6) is 0 Å². The lowest BCUT2D eigenvalue weighted by Gasteiger charge is -2.24. The monoisotopic (exact) mass is 266 g/mol. The molecule has 1 aliphatic heterocycles. The summed E-state index contributed by atoms with van der Waals surface area (Å²) >= 11 is 1.76. The molecule has 6 heteroatoms. The fraction of sp³-hybridized carbons (Fsp3) is 1.00. The van der Waals surface area contributed by atoms with Crippen molar-refractivity contribution in [2.75, 3.05) is 24.6 Å². The van der Waals surface area contributed by atoms with E-state index in [0.717, 1.165) is 37.4 Å². The Morgan fingerprint density at radius 2 is 2.06 bits per heavy atom. The highest BCUT2D eigenvalue weighted by Gasteiger charge is 2.27. The van der Waals surface area contributed by atoms with Gasteiger partial charge in [0.25, 0.3) is 0 Å². The number of sulfonamides is 1. The molecular formula is C10H22N2O2S2. The second-order valence-corrected chi connectivity index (χ2v) is 7.48. The maximum atomic E-state index is 12.0. The molecule has 1 saturated heterocycles. The Labute approximate surface area is 103 Å². The Kier molecular flexibility index (Phi) is 6.10. The first-order chi connectivity index (χ1) is 7.56. The van der Waals surface area contributed by atoms with Crippen LogP contribution in [0.3, 0.4) is 0 Å². The molecule has 1 atom stereocenters. The van der Waals surface area contributed by atoms with Crippen LogP contribution in [0.15, 0.2) is 0 Å². The topological polar surface area (TPSA) is 58.2 Å². The molecule has 0 aromatic rings. The van der Waals surface area contributed by atoms with E-state index in [2.05, 4.69) is 17.0 Å². The Bertz CT molecular complexity index is 287. The van der Waals surface area contributed by atoms with E-state index in [1.807, 2.05) is 6.92 Å². The van der Waals surface area contributed by atoms with Crippen molar-refractivity contribution in [2.45, 2.75) is 38.0 Å². The minimum absolute atomic E-state index is 0.0323. The highest BCUT2D eigenvalue weighted by molar-refractivity contribution is 7.99. The third kappa shape index (κ3) is 4.61. The van der Waals surface area contributed by atoms with Gasteiger partial charge in [0.15, 0.2) is 0 Å². The highest BCUT2D eigenvalue weighted by atomic mass is 32.2. The van der Waals surface area contributed by atoms with Gasteiger partial charge in [-0.2, -0.15) is 11.8 Å². The van der Waals surface area contributed by atoms with Gasteiger partial charge in [-0.3, -0.25) is 0 Å². The summed E-state index contributed by atoms with van der Waals surface area (Å²) < 4.78 is 26.8. The number of nitrogens with one attached hydrogen (secondary N) is 2. The van der Waals surface area contributed by atoms with Gasteiger partial charge in [-0.1, -0.05) is 6.92 Å². The molecule has 1 heterocycles. The lowest BCUT2D eigenvalue weighted by atomic mass is 10.2. The third-order valence-electron chi connectivity index (χ3n) is 2.66. The van der Waals surface area contributed by atoms with Crippen molar-refractivity contribution in [2.24, 2.45) is 0 Å².